The molecule has 22 heavy (non-hydrogen) atoms. The zero-order valence-corrected chi connectivity index (χ0v) is 14.0. The van der Waals surface area contributed by atoms with E-state index in [9.17, 15) is 9.59 Å². The van der Waals surface area contributed by atoms with Crippen molar-refractivity contribution in [1.29, 1.82) is 0 Å². The van der Waals surface area contributed by atoms with Crippen molar-refractivity contribution in [2.24, 2.45) is 0 Å². The van der Waals surface area contributed by atoms with E-state index in [1.165, 1.54) is 6.42 Å². The van der Waals surface area contributed by atoms with E-state index in [0.29, 0.717) is 12.0 Å². The minimum absolute atomic E-state index is 0.0241. The van der Waals surface area contributed by atoms with E-state index in [1.807, 2.05) is 17.0 Å². The minimum Gasteiger partial charge on any atom is -0.339 e. The van der Waals surface area contributed by atoms with Crippen LogP contribution >= 0.6 is 11.8 Å². The van der Waals surface area contributed by atoms with Gasteiger partial charge in [-0.1, -0.05) is 6.92 Å². The van der Waals surface area contributed by atoms with Crippen LogP contribution in [0.4, 0.5) is 5.69 Å². The predicted molar refractivity (Wildman–Crippen MR) is 92.4 cm³/mol. The molecule has 0 aromatic heterocycles. The monoisotopic (exact) mass is 320 g/mol. The number of thioether (sulfide) groups is 1. The molecule has 1 heterocycles. The van der Waals surface area contributed by atoms with Crippen molar-refractivity contribution in [2.75, 3.05) is 29.9 Å². The summed E-state index contributed by atoms with van der Waals surface area (Å²) in [5, 5.41) is 2.87. The number of piperidine rings is 1. The number of rotatable bonds is 6. The molecule has 0 radical (unpaired) electrons. The van der Waals surface area contributed by atoms with Crippen molar-refractivity contribution >= 4 is 29.3 Å². The molecule has 1 saturated heterocycles. The summed E-state index contributed by atoms with van der Waals surface area (Å²) >= 11 is 1.76. The van der Waals surface area contributed by atoms with Gasteiger partial charge in [0.05, 0.1) is 0 Å². The lowest BCUT2D eigenvalue weighted by Gasteiger charge is -2.26. The molecule has 1 aliphatic rings. The normalized spacial score (nSPS) is 14.7. The van der Waals surface area contributed by atoms with Crippen molar-refractivity contribution in [3.8, 4) is 0 Å². The lowest BCUT2D eigenvalue weighted by atomic mass is 10.1. The molecule has 0 aliphatic carbocycles. The number of amides is 2. The highest BCUT2D eigenvalue weighted by Crippen LogP contribution is 2.16. The van der Waals surface area contributed by atoms with E-state index in [4.69, 9.17) is 0 Å². The second-order valence-corrected chi connectivity index (χ2v) is 6.82. The molecule has 2 rings (SSSR count). The average molecular weight is 320 g/mol. The van der Waals surface area contributed by atoms with Crippen LogP contribution in [0.15, 0.2) is 24.3 Å². The standard InChI is InChI=1S/C17H24N2O2S/c1-2-22-13-10-16(20)18-15-8-6-14(7-9-15)17(21)19-11-4-3-5-12-19/h6-9H,2-5,10-13H2,1H3,(H,18,20). The van der Waals surface area contributed by atoms with Gasteiger partial charge in [0, 0.05) is 36.5 Å². The summed E-state index contributed by atoms with van der Waals surface area (Å²) in [4.78, 5) is 26.0. The lowest BCUT2D eigenvalue weighted by Crippen LogP contribution is -2.35. The van der Waals surface area contributed by atoms with Crippen molar-refractivity contribution in [3.63, 3.8) is 0 Å². The van der Waals surface area contributed by atoms with Crippen molar-refractivity contribution in [2.45, 2.75) is 32.6 Å². The Balaban J connectivity index is 1.86. The molecule has 5 heteroatoms. The number of carbonyl (C=O) groups is 2. The highest BCUT2D eigenvalue weighted by Gasteiger charge is 2.17. The fourth-order valence-electron chi connectivity index (χ4n) is 2.51. The van der Waals surface area contributed by atoms with Crippen LogP contribution in [0, 0.1) is 0 Å². The maximum Gasteiger partial charge on any atom is 0.253 e. The van der Waals surface area contributed by atoms with E-state index in [2.05, 4.69) is 12.2 Å². The number of carbonyl (C=O) groups excluding carboxylic acids is 2. The zero-order chi connectivity index (χ0) is 15.8. The van der Waals surface area contributed by atoms with Crippen LogP contribution in [0.5, 0.6) is 0 Å². The van der Waals surface area contributed by atoms with Gasteiger partial charge in [-0.05, 0) is 49.3 Å². The van der Waals surface area contributed by atoms with Crippen LogP contribution < -0.4 is 5.32 Å². The summed E-state index contributed by atoms with van der Waals surface area (Å²) in [5.41, 5.74) is 1.45. The summed E-state index contributed by atoms with van der Waals surface area (Å²) in [6.45, 7) is 3.79. The quantitative estimate of drug-likeness (QED) is 0.817. The first-order valence-electron chi connectivity index (χ1n) is 7.97. The average Bonchev–Trinajstić information content (AvgIpc) is 2.56. The van der Waals surface area contributed by atoms with Gasteiger partial charge in [0.15, 0.2) is 0 Å². The summed E-state index contributed by atoms with van der Waals surface area (Å²) in [6, 6.07) is 7.21. The van der Waals surface area contributed by atoms with Crippen LogP contribution in [-0.2, 0) is 4.79 Å². The van der Waals surface area contributed by atoms with Gasteiger partial charge in [-0.3, -0.25) is 9.59 Å². The van der Waals surface area contributed by atoms with Gasteiger partial charge in [0.1, 0.15) is 0 Å². The smallest absolute Gasteiger partial charge is 0.253 e. The van der Waals surface area contributed by atoms with Crippen molar-refractivity contribution < 1.29 is 9.59 Å². The highest BCUT2D eigenvalue weighted by molar-refractivity contribution is 7.99. The maximum atomic E-state index is 12.3. The molecular weight excluding hydrogens is 296 g/mol. The van der Waals surface area contributed by atoms with Crippen LogP contribution in [0.3, 0.4) is 0 Å². The van der Waals surface area contributed by atoms with E-state index >= 15 is 0 Å². The third kappa shape index (κ3) is 5.05. The molecule has 1 aromatic carbocycles. The fraction of sp³-hybridized carbons (Fsp3) is 0.529. The van der Waals surface area contributed by atoms with Gasteiger partial charge in [0.2, 0.25) is 5.91 Å². The molecule has 1 N–H and O–H groups in total. The molecule has 120 valence electrons. The summed E-state index contributed by atoms with van der Waals surface area (Å²) in [5.74, 6) is 1.99. The molecule has 1 aromatic rings. The Morgan fingerprint density at radius 2 is 1.82 bits per heavy atom. The summed E-state index contributed by atoms with van der Waals surface area (Å²) in [6.07, 6.45) is 3.92. The van der Waals surface area contributed by atoms with Crippen molar-refractivity contribution in [3.05, 3.63) is 29.8 Å². The van der Waals surface area contributed by atoms with Gasteiger partial charge in [-0.25, -0.2) is 0 Å². The number of hydrogen-bond acceptors (Lipinski definition) is 3. The Hall–Kier alpha value is -1.49. The van der Waals surface area contributed by atoms with Gasteiger partial charge in [0.25, 0.3) is 5.91 Å². The van der Waals surface area contributed by atoms with E-state index in [-0.39, 0.29) is 11.8 Å². The van der Waals surface area contributed by atoms with E-state index in [1.54, 1.807) is 23.9 Å². The van der Waals surface area contributed by atoms with Crippen LogP contribution in [0.2, 0.25) is 0 Å². The Labute approximate surface area is 136 Å². The molecule has 0 saturated carbocycles. The second kappa shape index (κ2) is 8.83. The summed E-state index contributed by atoms with van der Waals surface area (Å²) in [7, 11) is 0. The molecule has 0 bridgehead atoms. The first kappa shape index (κ1) is 16.9. The number of nitrogens with one attached hydrogen (secondary N) is 1. The second-order valence-electron chi connectivity index (χ2n) is 5.43. The molecule has 0 atom stereocenters. The van der Waals surface area contributed by atoms with Crippen LogP contribution in [0.1, 0.15) is 43.0 Å². The van der Waals surface area contributed by atoms with E-state index < -0.39 is 0 Å². The van der Waals surface area contributed by atoms with Crippen LogP contribution in [-0.4, -0.2) is 41.3 Å². The summed E-state index contributed by atoms with van der Waals surface area (Å²) < 4.78 is 0. The number of nitrogens with zero attached hydrogens (tertiary/aromatic N) is 1. The number of hydrogen-bond donors (Lipinski definition) is 1. The fourth-order valence-corrected chi connectivity index (χ4v) is 3.13. The zero-order valence-electron chi connectivity index (χ0n) is 13.1. The third-order valence-electron chi connectivity index (χ3n) is 3.74. The first-order chi connectivity index (χ1) is 10.7. The Kier molecular flexibility index (Phi) is 6.77. The van der Waals surface area contributed by atoms with Gasteiger partial charge in [-0.2, -0.15) is 11.8 Å². The number of anilines is 1. The third-order valence-corrected chi connectivity index (χ3v) is 4.64. The van der Waals surface area contributed by atoms with Crippen molar-refractivity contribution in [1.82, 2.24) is 4.90 Å². The Morgan fingerprint density at radius 3 is 2.45 bits per heavy atom. The Bertz CT molecular complexity index is 496. The minimum atomic E-state index is 0.0241. The molecule has 2 amide bonds. The molecular formula is C17H24N2O2S. The van der Waals surface area contributed by atoms with E-state index in [0.717, 1.165) is 43.1 Å². The topological polar surface area (TPSA) is 49.4 Å². The van der Waals surface area contributed by atoms with Gasteiger partial charge in [-0.15, -0.1) is 0 Å². The number of likely N-dealkylation sites (tertiary alicyclic amines) is 1. The highest BCUT2D eigenvalue weighted by atomic mass is 32.2. The van der Waals surface area contributed by atoms with Gasteiger partial charge < -0.3 is 10.2 Å². The Morgan fingerprint density at radius 1 is 1.14 bits per heavy atom. The largest absolute Gasteiger partial charge is 0.339 e. The molecule has 4 nitrogen and oxygen atoms in total. The predicted octanol–water partition coefficient (Wildman–Crippen LogP) is 3.39. The first-order valence-corrected chi connectivity index (χ1v) is 9.13. The molecule has 1 fully saturated rings. The molecule has 0 unspecified atom stereocenters. The molecule has 0 spiro atoms. The van der Waals surface area contributed by atoms with Gasteiger partial charge >= 0.3 is 0 Å². The van der Waals surface area contributed by atoms with Crippen LogP contribution in [0.25, 0.3) is 0 Å². The maximum absolute atomic E-state index is 12.3. The molecule has 1 aliphatic heterocycles. The number of benzene rings is 1. The lowest BCUT2D eigenvalue weighted by molar-refractivity contribution is -0.115. The SMILES string of the molecule is CCSCCC(=O)Nc1ccc(C(=O)N2CCCCC2)cc1.